The third-order valence-corrected chi connectivity index (χ3v) is 4.15. The average molecular weight is 421 g/mol. The van der Waals surface area contributed by atoms with Crippen LogP contribution in [0.2, 0.25) is 0 Å². The second-order valence-corrected chi connectivity index (χ2v) is 6.17. The van der Waals surface area contributed by atoms with Crippen molar-refractivity contribution in [1.29, 1.82) is 0 Å². The number of nitro groups is 1. The number of carbonyl (C=O) groups is 1. The first kappa shape index (κ1) is 19.5. The summed E-state index contributed by atoms with van der Waals surface area (Å²) in [5.41, 5.74) is 1.84. The summed E-state index contributed by atoms with van der Waals surface area (Å²) in [5, 5.41) is 13.5. The molecular weight excluding hydrogens is 404 g/mol. The zero-order chi connectivity index (χ0) is 19.3. The van der Waals surface area contributed by atoms with E-state index >= 15 is 0 Å². The maximum atomic E-state index is 12.1. The fourth-order valence-corrected chi connectivity index (χ4v) is 2.90. The molecule has 0 radical (unpaired) electrons. The topological polar surface area (TPSA) is 90.7 Å². The molecule has 0 saturated heterocycles. The van der Waals surface area contributed by atoms with Crippen molar-refractivity contribution >= 4 is 39.3 Å². The van der Waals surface area contributed by atoms with E-state index in [0.717, 1.165) is 5.56 Å². The van der Waals surface area contributed by atoms with Gasteiger partial charge in [0.1, 0.15) is 0 Å². The van der Waals surface area contributed by atoms with Crippen LogP contribution >= 0.6 is 15.9 Å². The Labute approximate surface area is 158 Å². The van der Waals surface area contributed by atoms with Crippen molar-refractivity contribution in [1.82, 2.24) is 0 Å². The van der Waals surface area contributed by atoms with E-state index in [1.165, 1.54) is 38.5 Å². The third kappa shape index (κ3) is 4.60. The summed E-state index contributed by atoms with van der Waals surface area (Å²) >= 11 is 3.39. The first-order valence-corrected chi connectivity index (χ1v) is 8.30. The summed E-state index contributed by atoms with van der Waals surface area (Å²) in [4.78, 5) is 22.4. The molecule has 0 saturated carbocycles. The van der Waals surface area contributed by atoms with E-state index in [1.54, 1.807) is 25.1 Å². The monoisotopic (exact) mass is 420 g/mol. The summed E-state index contributed by atoms with van der Waals surface area (Å²) in [5.74, 6) is 0.747. The number of non-ortho nitro benzene ring substituents is 1. The Kier molecular flexibility index (Phi) is 6.35. The Bertz CT molecular complexity index is 880. The summed E-state index contributed by atoms with van der Waals surface area (Å²) < 4.78 is 11.2. The van der Waals surface area contributed by atoms with Crippen LogP contribution in [0.3, 0.4) is 0 Å². The van der Waals surface area contributed by atoms with Gasteiger partial charge in [-0.3, -0.25) is 14.9 Å². The van der Waals surface area contributed by atoms with Gasteiger partial charge in [-0.15, -0.1) is 0 Å². The minimum absolute atomic E-state index is 0.0220. The molecular formula is C18H17BrN2O5. The molecule has 2 aromatic carbocycles. The highest BCUT2D eigenvalue weighted by atomic mass is 79.9. The zero-order valence-electron chi connectivity index (χ0n) is 14.4. The fourth-order valence-electron chi connectivity index (χ4n) is 2.28. The molecule has 0 atom stereocenters. The molecule has 0 heterocycles. The number of nitrogens with one attached hydrogen (secondary N) is 1. The van der Waals surface area contributed by atoms with Crippen LogP contribution < -0.4 is 14.8 Å². The number of benzene rings is 2. The molecule has 136 valence electrons. The summed E-state index contributed by atoms with van der Waals surface area (Å²) in [6.45, 7) is 1.69. The van der Waals surface area contributed by atoms with Gasteiger partial charge in [0.05, 0.1) is 23.6 Å². The average Bonchev–Trinajstić information content (AvgIpc) is 2.60. The van der Waals surface area contributed by atoms with Gasteiger partial charge in [0, 0.05) is 23.9 Å². The number of methoxy groups -OCH3 is 2. The molecule has 1 amide bonds. The van der Waals surface area contributed by atoms with Gasteiger partial charge < -0.3 is 14.8 Å². The Morgan fingerprint density at radius 2 is 1.96 bits per heavy atom. The number of nitrogens with zero attached hydrogens (tertiary/aromatic N) is 1. The Hall–Kier alpha value is -2.87. The minimum Gasteiger partial charge on any atom is -0.493 e. The van der Waals surface area contributed by atoms with Gasteiger partial charge in [-0.05, 0) is 58.3 Å². The SMILES string of the molecule is COc1cc(/C=C/C(=O)Nc2ccc([N+](=O)[O-])cc2C)cc(Br)c1OC. The van der Waals surface area contributed by atoms with Gasteiger partial charge in [0.2, 0.25) is 5.91 Å². The summed E-state index contributed by atoms with van der Waals surface area (Å²) in [6.07, 6.45) is 3.00. The van der Waals surface area contributed by atoms with Crippen molar-refractivity contribution in [2.24, 2.45) is 0 Å². The van der Waals surface area contributed by atoms with Crippen LogP contribution in [0.4, 0.5) is 11.4 Å². The van der Waals surface area contributed by atoms with Gasteiger partial charge in [0.25, 0.3) is 5.69 Å². The van der Waals surface area contributed by atoms with E-state index in [4.69, 9.17) is 9.47 Å². The second-order valence-electron chi connectivity index (χ2n) is 5.32. The molecule has 0 spiro atoms. The molecule has 0 bridgehead atoms. The van der Waals surface area contributed by atoms with Crippen molar-refractivity contribution in [2.75, 3.05) is 19.5 Å². The molecule has 0 aliphatic heterocycles. The van der Waals surface area contributed by atoms with Crippen molar-refractivity contribution in [2.45, 2.75) is 6.92 Å². The Balaban J connectivity index is 2.15. The molecule has 1 N–H and O–H groups in total. The number of nitro benzene ring substituents is 1. The predicted octanol–water partition coefficient (Wildman–Crippen LogP) is 4.33. The second kappa shape index (κ2) is 8.48. The number of halogens is 1. The highest BCUT2D eigenvalue weighted by Crippen LogP contribution is 2.36. The molecule has 0 aromatic heterocycles. The summed E-state index contributed by atoms with van der Waals surface area (Å²) in [7, 11) is 3.07. The van der Waals surface area contributed by atoms with Crippen LogP contribution in [-0.2, 0) is 4.79 Å². The van der Waals surface area contributed by atoms with Gasteiger partial charge >= 0.3 is 0 Å². The molecule has 0 aliphatic rings. The molecule has 0 fully saturated rings. The van der Waals surface area contributed by atoms with Crippen LogP contribution in [0, 0.1) is 17.0 Å². The maximum absolute atomic E-state index is 12.1. The lowest BCUT2D eigenvalue weighted by Gasteiger charge is -2.10. The lowest BCUT2D eigenvalue weighted by molar-refractivity contribution is -0.384. The van der Waals surface area contributed by atoms with E-state index in [1.807, 2.05) is 0 Å². The summed E-state index contributed by atoms with van der Waals surface area (Å²) in [6, 6.07) is 7.79. The number of hydrogen-bond donors (Lipinski definition) is 1. The first-order valence-electron chi connectivity index (χ1n) is 7.51. The molecule has 0 unspecified atom stereocenters. The van der Waals surface area contributed by atoms with Crippen molar-refractivity contribution in [3.63, 3.8) is 0 Å². The Morgan fingerprint density at radius 3 is 2.54 bits per heavy atom. The minimum atomic E-state index is -0.479. The van der Waals surface area contributed by atoms with Crippen molar-refractivity contribution < 1.29 is 19.2 Å². The normalized spacial score (nSPS) is 10.6. The fraction of sp³-hybridized carbons (Fsp3) is 0.167. The Morgan fingerprint density at radius 1 is 1.23 bits per heavy atom. The molecule has 8 heteroatoms. The van der Waals surface area contributed by atoms with E-state index in [2.05, 4.69) is 21.2 Å². The number of amides is 1. The van der Waals surface area contributed by atoms with Gasteiger partial charge in [0.15, 0.2) is 11.5 Å². The maximum Gasteiger partial charge on any atom is 0.269 e. The van der Waals surface area contributed by atoms with E-state index in [0.29, 0.717) is 27.2 Å². The largest absolute Gasteiger partial charge is 0.493 e. The molecule has 26 heavy (non-hydrogen) atoms. The number of ether oxygens (including phenoxy) is 2. The van der Waals surface area contributed by atoms with Gasteiger partial charge in [-0.1, -0.05) is 0 Å². The quantitative estimate of drug-likeness (QED) is 0.426. The van der Waals surface area contributed by atoms with Crippen LogP contribution in [-0.4, -0.2) is 25.1 Å². The highest BCUT2D eigenvalue weighted by Gasteiger charge is 2.11. The molecule has 0 aliphatic carbocycles. The van der Waals surface area contributed by atoms with Crippen molar-refractivity contribution in [3.05, 3.63) is 62.1 Å². The highest BCUT2D eigenvalue weighted by molar-refractivity contribution is 9.10. The first-order chi connectivity index (χ1) is 12.3. The number of anilines is 1. The lowest BCUT2D eigenvalue weighted by atomic mass is 10.1. The predicted molar refractivity (Wildman–Crippen MR) is 103 cm³/mol. The molecule has 2 rings (SSSR count). The lowest BCUT2D eigenvalue weighted by Crippen LogP contribution is -2.09. The third-order valence-electron chi connectivity index (χ3n) is 3.56. The molecule has 2 aromatic rings. The number of rotatable bonds is 6. The van der Waals surface area contributed by atoms with Crippen LogP contribution in [0.5, 0.6) is 11.5 Å². The van der Waals surface area contributed by atoms with E-state index in [9.17, 15) is 14.9 Å². The molecule has 7 nitrogen and oxygen atoms in total. The number of carbonyl (C=O) groups excluding carboxylic acids is 1. The standard InChI is InChI=1S/C18H17BrN2O5/c1-11-8-13(21(23)24)5-6-15(11)20-17(22)7-4-12-9-14(19)18(26-3)16(10-12)25-2/h4-10H,1-3H3,(H,20,22)/b7-4+. The van der Waals surface area contributed by atoms with E-state index in [-0.39, 0.29) is 11.6 Å². The van der Waals surface area contributed by atoms with Gasteiger partial charge in [-0.2, -0.15) is 0 Å². The van der Waals surface area contributed by atoms with Crippen molar-refractivity contribution in [3.8, 4) is 11.5 Å². The van der Waals surface area contributed by atoms with Crippen LogP contribution in [0.1, 0.15) is 11.1 Å². The smallest absolute Gasteiger partial charge is 0.269 e. The van der Waals surface area contributed by atoms with E-state index < -0.39 is 4.92 Å². The zero-order valence-corrected chi connectivity index (χ0v) is 16.0. The number of aryl methyl sites for hydroxylation is 1. The van der Waals surface area contributed by atoms with Gasteiger partial charge in [-0.25, -0.2) is 0 Å². The number of hydrogen-bond acceptors (Lipinski definition) is 5. The van der Waals surface area contributed by atoms with Crippen LogP contribution in [0.25, 0.3) is 6.08 Å². The van der Waals surface area contributed by atoms with Crippen LogP contribution in [0.15, 0.2) is 40.9 Å².